The first-order chi connectivity index (χ1) is 10.4. The summed E-state index contributed by atoms with van der Waals surface area (Å²) in [5.41, 5.74) is 3.09. The number of hydrogen-bond acceptors (Lipinski definition) is 2. The van der Waals surface area contributed by atoms with E-state index in [2.05, 4.69) is 5.32 Å². The van der Waals surface area contributed by atoms with Crippen LogP contribution in [0.1, 0.15) is 32.3 Å². The third-order valence-corrected chi connectivity index (χ3v) is 4.03. The van der Waals surface area contributed by atoms with Crippen molar-refractivity contribution in [3.05, 3.63) is 54.1 Å². The van der Waals surface area contributed by atoms with Crippen molar-refractivity contribution in [1.29, 1.82) is 0 Å². The predicted molar refractivity (Wildman–Crippen MR) is 88.5 cm³/mol. The molecule has 2 aromatic carbocycles. The number of hydrogen-bond donors (Lipinski definition) is 2. The minimum atomic E-state index is -0.824. The molecule has 3 nitrogen and oxygen atoms in total. The van der Waals surface area contributed by atoms with Crippen molar-refractivity contribution in [2.75, 3.05) is 5.32 Å². The van der Waals surface area contributed by atoms with Crippen molar-refractivity contribution < 1.29 is 9.90 Å². The van der Waals surface area contributed by atoms with Gasteiger partial charge in [0.05, 0.1) is 5.60 Å². The fourth-order valence-electron chi connectivity index (χ4n) is 2.41. The summed E-state index contributed by atoms with van der Waals surface area (Å²) in [5.74, 6) is 0.344. The Bertz CT molecular complexity index is 662. The van der Waals surface area contributed by atoms with Gasteiger partial charge in [0.25, 0.3) is 0 Å². The highest BCUT2D eigenvalue weighted by atomic mass is 16.3. The molecule has 0 saturated heterocycles. The van der Waals surface area contributed by atoms with Gasteiger partial charge in [-0.1, -0.05) is 36.4 Å². The Morgan fingerprint density at radius 3 is 1.95 bits per heavy atom. The van der Waals surface area contributed by atoms with Gasteiger partial charge in [0.2, 0.25) is 5.91 Å². The highest BCUT2D eigenvalue weighted by Crippen LogP contribution is 2.30. The first-order valence-electron chi connectivity index (χ1n) is 7.68. The second-order valence-corrected chi connectivity index (χ2v) is 6.48. The van der Waals surface area contributed by atoms with Crippen molar-refractivity contribution in [3.63, 3.8) is 0 Å². The van der Waals surface area contributed by atoms with Crippen molar-refractivity contribution >= 4 is 11.6 Å². The molecule has 0 atom stereocenters. The topological polar surface area (TPSA) is 49.3 Å². The molecular formula is C19H21NO2. The molecule has 2 N–H and O–H groups in total. The first-order valence-corrected chi connectivity index (χ1v) is 7.68. The second-order valence-electron chi connectivity index (χ2n) is 6.48. The Kier molecular flexibility index (Phi) is 3.75. The summed E-state index contributed by atoms with van der Waals surface area (Å²) in [6.07, 6.45) is 2.02. The minimum absolute atomic E-state index is 0.127. The van der Waals surface area contributed by atoms with E-state index in [4.69, 9.17) is 0 Å². The lowest BCUT2D eigenvalue weighted by atomic mass is 9.95. The molecule has 1 fully saturated rings. The van der Waals surface area contributed by atoms with Crippen LogP contribution in [0.3, 0.4) is 0 Å². The Balaban J connectivity index is 1.73. The Hall–Kier alpha value is -2.13. The lowest BCUT2D eigenvalue weighted by Gasteiger charge is -2.18. The summed E-state index contributed by atoms with van der Waals surface area (Å²) in [4.78, 5) is 11.7. The quantitative estimate of drug-likeness (QED) is 0.898. The Morgan fingerprint density at radius 1 is 1.00 bits per heavy atom. The number of benzene rings is 2. The van der Waals surface area contributed by atoms with E-state index in [9.17, 15) is 9.90 Å². The average molecular weight is 295 g/mol. The van der Waals surface area contributed by atoms with E-state index in [-0.39, 0.29) is 11.8 Å². The van der Waals surface area contributed by atoms with Crippen LogP contribution in [0.4, 0.5) is 5.69 Å². The molecule has 1 amide bonds. The van der Waals surface area contributed by atoms with Crippen molar-refractivity contribution in [2.24, 2.45) is 5.92 Å². The fraction of sp³-hybridized carbons (Fsp3) is 0.316. The third-order valence-electron chi connectivity index (χ3n) is 4.03. The second kappa shape index (κ2) is 5.58. The summed E-state index contributed by atoms with van der Waals surface area (Å²) in [6.45, 7) is 3.55. The van der Waals surface area contributed by atoms with Crippen LogP contribution in [0, 0.1) is 5.92 Å². The van der Waals surface area contributed by atoms with Crippen LogP contribution in [0.15, 0.2) is 48.5 Å². The Morgan fingerprint density at radius 2 is 1.50 bits per heavy atom. The zero-order valence-electron chi connectivity index (χ0n) is 13.0. The van der Waals surface area contributed by atoms with E-state index < -0.39 is 5.60 Å². The highest BCUT2D eigenvalue weighted by Gasteiger charge is 2.29. The number of carbonyl (C=O) groups is 1. The van der Waals surface area contributed by atoms with Crippen LogP contribution in [0.5, 0.6) is 0 Å². The largest absolute Gasteiger partial charge is 0.386 e. The summed E-state index contributed by atoms with van der Waals surface area (Å²) in [6, 6.07) is 15.8. The number of nitrogens with one attached hydrogen (secondary N) is 1. The van der Waals surface area contributed by atoms with E-state index in [1.54, 1.807) is 13.8 Å². The van der Waals surface area contributed by atoms with Gasteiger partial charge >= 0.3 is 0 Å². The molecule has 0 radical (unpaired) electrons. The van der Waals surface area contributed by atoms with Gasteiger partial charge in [-0.15, -0.1) is 0 Å². The fourth-order valence-corrected chi connectivity index (χ4v) is 2.41. The maximum absolute atomic E-state index is 11.7. The zero-order chi connectivity index (χ0) is 15.7. The monoisotopic (exact) mass is 295 g/mol. The van der Waals surface area contributed by atoms with E-state index in [0.29, 0.717) is 0 Å². The normalized spacial score (nSPS) is 14.7. The standard InChI is InChI=1S/C19H21NO2/c1-19(2,22)16-9-5-13(6-10-16)14-7-11-17(12-8-14)20-18(21)15-3-4-15/h5-12,15,22H,3-4H2,1-2H3,(H,20,21). The summed E-state index contributed by atoms with van der Waals surface area (Å²) in [5, 5.41) is 12.9. The molecule has 0 aromatic heterocycles. The molecule has 0 spiro atoms. The van der Waals surface area contributed by atoms with Crippen LogP contribution >= 0.6 is 0 Å². The maximum Gasteiger partial charge on any atom is 0.227 e. The van der Waals surface area contributed by atoms with E-state index >= 15 is 0 Å². The van der Waals surface area contributed by atoms with Crippen molar-refractivity contribution in [1.82, 2.24) is 0 Å². The van der Waals surface area contributed by atoms with Gasteiger partial charge in [-0.3, -0.25) is 4.79 Å². The number of rotatable bonds is 4. The third kappa shape index (κ3) is 3.37. The van der Waals surface area contributed by atoms with Gasteiger partial charge in [-0.25, -0.2) is 0 Å². The van der Waals surface area contributed by atoms with Gasteiger partial charge < -0.3 is 10.4 Å². The number of aliphatic hydroxyl groups is 1. The molecule has 22 heavy (non-hydrogen) atoms. The molecule has 1 saturated carbocycles. The van der Waals surface area contributed by atoms with Crippen molar-refractivity contribution in [3.8, 4) is 11.1 Å². The molecule has 0 heterocycles. The van der Waals surface area contributed by atoms with Crippen LogP contribution in [-0.4, -0.2) is 11.0 Å². The molecule has 3 rings (SSSR count). The molecule has 1 aliphatic carbocycles. The van der Waals surface area contributed by atoms with Gasteiger partial charge in [0, 0.05) is 11.6 Å². The molecule has 2 aromatic rings. The molecule has 0 bridgehead atoms. The van der Waals surface area contributed by atoms with E-state index in [1.165, 1.54) is 0 Å². The molecule has 1 aliphatic rings. The number of anilines is 1. The lowest BCUT2D eigenvalue weighted by Crippen LogP contribution is -2.14. The van der Waals surface area contributed by atoms with Crippen LogP contribution in [-0.2, 0) is 10.4 Å². The van der Waals surface area contributed by atoms with Gasteiger partial charge in [-0.2, -0.15) is 0 Å². The molecule has 0 unspecified atom stereocenters. The van der Waals surface area contributed by atoms with E-state index in [1.807, 2.05) is 48.5 Å². The molecule has 3 heteroatoms. The van der Waals surface area contributed by atoms with Crippen LogP contribution in [0.25, 0.3) is 11.1 Å². The lowest BCUT2D eigenvalue weighted by molar-refractivity contribution is -0.117. The molecular weight excluding hydrogens is 274 g/mol. The van der Waals surface area contributed by atoms with E-state index in [0.717, 1.165) is 35.2 Å². The van der Waals surface area contributed by atoms with Crippen molar-refractivity contribution in [2.45, 2.75) is 32.3 Å². The van der Waals surface area contributed by atoms with Gasteiger partial charge in [0.15, 0.2) is 0 Å². The predicted octanol–water partition coefficient (Wildman–Crippen LogP) is 3.93. The molecule has 114 valence electrons. The summed E-state index contributed by atoms with van der Waals surface area (Å²) >= 11 is 0. The SMILES string of the molecule is CC(C)(O)c1ccc(-c2ccc(NC(=O)C3CC3)cc2)cc1. The summed E-state index contributed by atoms with van der Waals surface area (Å²) < 4.78 is 0. The van der Waals surface area contributed by atoms with Crippen LogP contribution in [0.2, 0.25) is 0 Å². The van der Waals surface area contributed by atoms with Gasteiger partial charge in [-0.05, 0) is 55.5 Å². The smallest absolute Gasteiger partial charge is 0.227 e. The summed E-state index contributed by atoms with van der Waals surface area (Å²) in [7, 11) is 0. The maximum atomic E-state index is 11.7. The first kappa shape index (κ1) is 14.8. The number of amides is 1. The highest BCUT2D eigenvalue weighted by molar-refractivity contribution is 5.94. The Labute approximate surface area is 131 Å². The van der Waals surface area contributed by atoms with Crippen LogP contribution < -0.4 is 5.32 Å². The number of carbonyl (C=O) groups excluding carboxylic acids is 1. The molecule has 0 aliphatic heterocycles. The average Bonchev–Trinajstić information content (AvgIpc) is 3.32. The van der Waals surface area contributed by atoms with Gasteiger partial charge in [0.1, 0.15) is 0 Å². The zero-order valence-corrected chi connectivity index (χ0v) is 13.0. The minimum Gasteiger partial charge on any atom is -0.386 e.